The van der Waals surface area contributed by atoms with Crippen LogP contribution < -0.4 is 9.54 Å². The summed E-state index contributed by atoms with van der Waals surface area (Å²) in [7, 11) is 1.53. The van der Waals surface area contributed by atoms with E-state index < -0.39 is 0 Å². The van der Waals surface area contributed by atoms with Gasteiger partial charge in [0.15, 0.2) is 11.5 Å². The molecule has 0 bridgehead atoms. The number of methoxy groups -OCH3 is 1. The van der Waals surface area contributed by atoms with Gasteiger partial charge in [-0.25, -0.2) is 4.68 Å². The Labute approximate surface area is 176 Å². The first-order valence-corrected chi connectivity index (χ1v) is 10.7. The van der Waals surface area contributed by atoms with Crippen molar-refractivity contribution in [1.82, 2.24) is 4.68 Å². The van der Waals surface area contributed by atoms with Crippen LogP contribution >= 0.6 is 22.7 Å². The highest BCUT2D eigenvalue weighted by Gasteiger charge is 2.08. The highest BCUT2D eigenvalue weighted by molar-refractivity contribution is 7.14. The molecule has 0 radical (unpaired) electrons. The molecule has 29 heavy (non-hydrogen) atoms. The van der Waals surface area contributed by atoms with Gasteiger partial charge in [-0.05, 0) is 40.8 Å². The van der Waals surface area contributed by atoms with Gasteiger partial charge < -0.3 is 9.84 Å². The number of hydrogen-bond acceptors (Lipinski definition) is 6. The Morgan fingerprint density at radius 2 is 1.93 bits per heavy atom. The van der Waals surface area contributed by atoms with E-state index in [0.29, 0.717) is 12.3 Å². The minimum absolute atomic E-state index is 0.102. The van der Waals surface area contributed by atoms with E-state index in [4.69, 9.17) is 9.73 Å². The van der Waals surface area contributed by atoms with Crippen LogP contribution in [0.15, 0.2) is 81.5 Å². The Balaban J connectivity index is 1.72. The molecule has 0 aliphatic rings. The number of benzene rings is 2. The largest absolute Gasteiger partial charge is 0.504 e. The average molecular weight is 422 g/mol. The fraction of sp³-hybridized carbons (Fsp3) is 0.0909. The number of rotatable bonds is 6. The summed E-state index contributed by atoms with van der Waals surface area (Å²) in [5.41, 5.74) is 2.97. The van der Waals surface area contributed by atoms with Crippen molar-refractivity contribution in [2.45, 2.75) is 6.54 Å². The second-order valence-corrected chi connectivity index (χ2v) is 7.95. The molecule has 0 fully saturated rings. The van der Waals surface area contributed by atoms with E-state index in [1.54, 1.807) is 47.1 Å². The number of ether oxygens (including phenoxy) is 1. The van der Waals surface area contributed by atoms with E-state index in [0.717, 1.165) is 26.5 Å². The summed E-state index contributed by atoms with van der Waals surface area (Å²) in [5.74, 6) is 0.516. The third-order valence-electron chi connectivity index (χ3n) is 4.22. The van der Waals surface area contributed by atoms with Gasteiger partial charge >= 0.3 is 0 Å². The molecule has 4 rings (SSSR count). The van der Waals surface area contributed by atoms with Crippen LogP contribution in [0.1, 0.15) is 11.1 Å². The van der Waals surface area contributed by atoms with Crippen LogP contribution in [-0.4, -0.2) is 23.1 Å². The van der Waals surface area contributed by atoms with E-state index in [9.17, 15) is 5.11 Å². The summed E-state index contributed by atoms with van der Waals surface area (Å²) in [4.78, 5) is 6.72. The number of phenols is 1. The molecule has 2 aromatic carbocycles. The van der Waals surface area contributed by atoms with Crippen LogP contribution in [0.5, 0.6) is 11.5 Å². The van der Waals surface area contributed by atoms with Gasteiger partial charge in [-0.1, -0.05) is 36.4 Å². The zero-order valence-corrected chi connectivity index (χ0v) is 17.4. The number of thiazole rings is 1. The smallest absolute Gasteiger partial charge is 0.206 e. The predicted octanol–water partition coefficient (Wildman–Crippen LogP) is 4.98. The zero-order chi connectivity index (χ0) is 20.1. The van der Waals surface area contributed by atoms with Crippen LogP contribution in [0.2, 0.25) is 0 Å². The fourth-order valence-corrected chi connectivity index (χ4v) is 4.39. The van der Waals surface area contributed by atoms with Crippen molar-refractivity contribution >= 4 is 28.9 Å². The molecule has 0 aliphatic heterocycles. The molecule has 4 aromatic rings. The molecule has 0 spiro atoms. The molecule has 1 N–H and O–H groups in total. The molecular formula is C22H19N3O2S2. The minimum atomic E-state index is 0.102. The molecule has 7 heteroatoms. The molecule has 0 unspecified atom stereocenters. The van der Waals surface area contributed by atoms with E-state index in [1.165, 1.54) is 7.11 Å². The van der Waals surface area contributed by atoms with Crippen molar-refractivity contribution in [3.05, 3.63) is 87.4 Å². The van der Waals surface area contributed by atoms with Gasteiger partial charge in [0.05, 0.1) is 30.4 Å². The van der Waals surface area contributed by atoms with Crippen LogP contribution in [0.4, 0.5) is 0 Å². The number of hydrogen-bond donors (Lipinski definition) is 1. The van der Waals surface area contributed by atoms with Gasteiger partial charge in [-0.2, -0.15) is 5.10 Å². The highest BCUT2D eigenvalue weighted by Crippen LogP contribution is 2.27. The summed E-state index contributed by atoms with van der Waals surface area (Å²) in [6.45, 7) is 0.591. The molecule has 0 atom stereocenters. The Morgan fingerprint density at radius 3 is 2.69 bits per heavy atom. The first-order chi connectivity index (χ1) is 14.2. The zero-order valence-electron chi connectivity index (χ0n) is 15.7. The summed E-state index contributed by atoms with van der Waals surface area (Å²) >= 11 is 3.23. The molecule has 0 amide bonds. The number of aromatic hydroxyl groups is 1. The third-order valence-corrected chi connectivity index (χ3v) is 5.97. The SMILES string of the molecule is COc1cc(C=Nn2c(-c3cccs3)csc2=NCc2ccccc2)ccc1O. The van der Waals surface area contributed by atoms with Crippen molar-refractivity contribution in [2.24, 2.45) is 10.1 Å². The molecule has 0 saturated carbocycles. The summed E-state index contributed by atoms with van der Waals surface area (Å²) in [6.07, 6.45) is 1.74. The molecule has 146 valence electrons. The van der Waals surface area contributed by atoms with Crippen molar-refractivity contribution in [3.8, 4) is 22.1 Å². The maximum absolute atomic E-state index is 9.79. The van der Waals surface area contributed by atoms with Crippen molar-refractivity contribution < 1.29 is 9.84 Å². The van der Waals surface area contributed by atoms with Crippen molar-refractivity contribution in [2.75, 3.05) is 7.11 Å². The van der Waals surface area contributed by atoms with Gasteiger partial charge in [-0.3, -0.25) is 4.99 Å². The molecular weight excluding hydrogens is 402 g/mol. The summed E-state index contributed by atoms with van der Waals surface area (Å²) in [6, 6.07) is 19.4. The summed E-state index contributed by atoms with van der Waals surface area (Å²) < 4.78 is 7.04. The lowest BCUT2D eigenvalue weighted by Gasteiger charge is -2.04. The number of nitrogens with zero attached hydrogens (tertiary/aromatic N) is 3. The van der Waals surface area contributed by atoms with E-state index in [1.807, 2.05) is 34.3 Å². The molecule has 2 heterocycles. The van der Waals surface area contributed by atoms with Gasteiger partial charge in [0.25, 0.3) is 0 Å². The Hall–Kier alpha value is -3.16. The van der Waals surface area contributed by atoms with Crippen LogP contribution in [0.25, 0.3) is 10.6 Å². The molecule has 0 saturated heterocycles. The minimum Gasteiger partial charge on any atom is -0.504 e. The third kappa shape index (κ3) is 4.47. The number of aromatic nitrogens is 1. The van der Waals surface area contributed by atoms with Gasteiger partial charge in [0, 0.05) is 5.38 Å². The monoisotopic (exact) mass is 421 g/mol. The number of thiophene rings is 1. The lowest BCUT2D eigenvalue weighted by Crippen LogP contribution is -2.12. The summed E-state index contributed by atoms with van der Waals surface area (Å²) in [5, 5.41) is 18.6. The fourth-order valence-electron chi connectivity index (χ4n) is 2.76. The standard InChI is InChI=1S/C22H19N3O2S2/c1-27-20-12-17(9-10-19(20)26)14-24-25-18(21-8-5-11-28-21)15-29-22(25)23-13-16-6-3-2-4-7-16/h2-12,14-15,26H,13H2,1H3. The average Bonchev–Trinajstić information content (AvgIpc) is 3.42. The van der Waals surface area contributed by atoms with Gasteiger partial charge in [0.1, 0.15) is 0 Å². The maximum atomic E-state index is 9.79. The topological polar surface area (TPSA) is 59.1 Å². The number of phenolic OH excluding ortho intramolecular Hbond substituents is 1. The Morgan fingerprint density at radius 1 is 1.07 bits per heavy atom. The second-order valence-electron chi connectivity index (χ2n) is 6.17. The lowest BCUT2D eigenvalue weighted by atomic mass is 10.2. The molecule has 5 nitrogen and oxygen atoms in total. The molecule has 0 aliphatic carbocycles. The predicted molar refractivity (Wildman–Crippen MR) is 119 cm³/mol. The highest BCUT2D eigenvalue weighted by atomic mass is 32.1. The van der Waals surface area contributed by atoms with Gasteiger partial charge in [0.2, 0.25) is 4.80 Å². The van der Waals surface area contributed by atoms with Crippen molar-refractivity contribution in [1.29, 1.82) is 0 Å². The first-order valence-electron chi connectivity index (χ1n) is 8.95. The second kappa shape index (κ2) is 8.89. The Kier molecular flexibility index (Phi) is 5.88. The van der Waals surface area contributed by atoms with Gasteiger partial charge in [-0.15, -0.1) is 22.7 Å². The quantitative estimate of drug-likeness (QED) is 0.447. The van der Waals surface area contributed by atoms with Crippen LogP contribution in [0, 0.1) is 0 Å². The maximum Gasteiger partial charge on any atom is 0.206 e. The van der Waals surface area contributed by atoms with E-state index >= 15 is 0 Å². The normalized spacial score (nSPS) is 12.0. The first kappa shape index (κ1) is 19.2. The van der Waals surface area contributed by atoms with Crippen molar-refractivity contribution in [3.63, 3.8) is 0 Å². The van der Waals surface area contributed by atoms with E-state index in [-0.39, 0.29) is 5.75 Å². The Bertz CT molecular complexity index is 1180. The van der Waals surface area contributed by atoms with E-state index in [2.05, 4.69) is 28.7 Å². The lowest BCUT2D eigenvalue weighted by molar-refractivity contribution is 0.373. The van der Waals surface area contributed by atoms with Crippen LogP contribution in [-0.2, 0) is 6.54 Å². The van der Waals surface area contributed by atoms with Crippen LogP contribution in [0.3, 0.4) is 0 Å². The molecule has 2 aromatic heterocycles.